The third kappa shape index (κ3) is 3.82. The second kappa shape index (κ2) is 6.90. The van der Waals surface area contributed by atoms with Crippen LogP contribution in [0.1, 0.15) is 32.0 Å². The first-order chi connectivity index (χ1) is 8.79. The number of rotatable bonds is 7. The molecule has 0 radical (unpaired) electrons. The molecular weight excluding hydrogens is 226 g/mol. The van der Waals surface area contributed by atoms with Gasteiger partial charge in [0.1, 0.15) is 5.82 Å². The molecule has 2 heterocycles. The summed E-state index contributed by atoms with van der Waals surface area (Å²) >= 11 is 0. The molecule has 1 aromatic heterocycles. The summed E-state index contributed by atoms with van der Waals surface area (Å²) in [4.78, 5) is 4.43. The van der Waals surface area contributed by atoms with Crippen LogP contribution in [-0.4, -0.2) is 35.4 Å². The van der Waals surface area contributed by atoms with Crippen LogP contribution in [0.3, 0.4) is 0 Å². The zero-order chi connectivity index (χ0) is 12.8. The molecule has 102 valence electrons. The number of imidazole rings is 1. The molecule has 0 saturated carbocycles. The van der Waals surface area contributed by atoms with Crippen molar-refractivity contribution in [2.75, 3.05) is 19.8 Å². The Kier molecular flexibility index (Phi) is 5.20. The fourth-order valence-electron chi connectivity index (χ4n) is 2.57. The third-order valence-corrected chi connectivity index (χ3v) is 3.67. The van der Waals surface area contributed by atoms with E-state index < -0.39 is 0 Å². The maximum Gasteiger partial charge on any atom is 0.109 e. The Morgan fingerprint density at radius 2 is 2.50 bits per heavy atom. The van der Waals surface area contributed by atoms with E-state index in [2.05, 4.69) is 28.8 Å². The minimum absolute atomic E-state index is 0.526. The van der Waals surface area contributed by atoms with Crippen molar-refractivity contribution >= 4 is 0 Å². The molecule has 0 spiro atoms. The molecular formula is C14H25N3O. The van der Waals surface area contributed by atoms with Gasteiger partial charge in [-0.1, -0.05) is 6.92 Å². The lowest BCUT2D eigenvalue weighted by atomic mass is 9.97. The topological polar surface area (TPSA) is 39.1 Å². The first-order valence-electron chi connectivity index (χ1n) is 7.07. The monoisotopic (exact) mass is 251 g/mol. The Morgan fingerprint density at radius 3 is 3.11 bits per heavy atom. The minimum Gasteiger partial charge on any atom is -0.381 e. The number of hydrogen-bond donors (Lipinski definition) is 1. The maximum absolute atomic E-state index is 5.47. The number of ether oxygens (including phenoxy) is 1. The Morgan fingerprint density at radius 1 is 1.61 bits per heavy atom. The van der Waals surface area contributed by atoms with Crippen LogP contribution < -0.4 is 5.32 Å². The average molecular weight is 251 g/mol. The SMILES string of the molecule is CCCNC(Cc1nccn1C)CC1CCOC1. The molecule has 18 heavy (non-hydrogen) atoms. The van der Waals surface area contributed by atoms with Crippen LogP contribution in [0.4, 0.5) is 0 Å². The molecule has 4 nitrogen and oxygen atoms in total. The van der Waals surface area contributed by atoms with Gasteiger partial charge < -0.3 is 14.6 Å². The fourth-order valence-corrected chi connectivity index (χ4v) is 2.57. The van der Waals surface area contributed by atoms with Crippen LogP contribution in [0.15, 0.2) is 12.4 Å². The summed E-state index contributed by atoms with van der Waals surface area (Å²) in [5.74, 6) is 1.89. The molecule has 0 aromatic carbocycles. The van der Waals surface area contributed by atoms with Crippen LogP contribution in [0.2, 0.25) is 0 Å². The maximum atomic E-state index is 5.47. The van der Waals surface area contributed by atoms with Crippen molar-refractivity contribution in [2.45, 2.75) is 38.6 Å². The van der Waals surface area contributed by atoms with E-state index >= 15 is 0 Å². The van der Waals surface area contributed by atoms with E-state index in [-0.39, 0.29) is 0 Å². The zero-order valence-corrected chi connectivity index (χ0v) is 11.6. The largest absolute Gasteiger partial charge is 0.381 e. The number of hydrogen-bond acceptors (Lipinski definition) is 3. The van der Waals surface area contributed by atoms with E-state index in [4.69, 9.17) is 4.74 Å². The molecule has 1 fully saturated rings. The van der Waals surface area contributed by atoms with Gasteiger partial charge in [-0.05, 0) is 31.7 Å². The summed E-state index contributed by atoms with van der Waals surface area (Å²) in [6, 6.07) is 0.526. The standard InChI is InChI=1S/C14H25N3O/c1-3-5-15-13(9-12-4-8-18-11-12)10-14-16-6-7-17(14)2/h6-7,12-13,15H,3-5,8-11H2,1-2H3. The van der Waals surface area contributed by atoms with Gasteiger partial charge >= 0.3 is 0 Å². The molecule has 1 aliphatic heterocycles. The van der Waals surface area contributed by atoms with Crippen molar-refractivity contribution in [1.82, 2.24) is 14.9 Å². The number of aryl methyl sites for hydroxylation is 1. The van der Waals surface area contributed by atoms with Gasteiger partial charge in [0, 0.05) is 45.1 Å². The fraction of sp³-hybridized carbons (Fsp3) is 0.786. The Balaban J connectivity index is 1.89. The van der Waals surface area contributed by atoms with Crippen molar-refractivity contribution in [2.24, 2.45) is 13.0 Å². The summed E-state index contributed by atoms with van der Waals surface area (Å²) < 4.78 is 7.59. The van der Waals surface area contributed by atoms with Crippen LogP contribution in [-0.2, 0) is 18.2 Å². The molecule has 0 aliphatic carbocycles. The van der Waals surface area contributed by atoms with Gasteiger partial charge in [0.2, 0.25) is 0 Å². The molecule has 2 rings (SSSR count). The van der Waals surface area contributed by atoms with Crippen LogP contribution in [0.25, 0.3) is 0 Å². The summed E-state index contributed by atoms with van der Waals surface area (Å²) in [7, 11) is 2.07. The quantitative estimate of drug-likeness (QED) is 0.802. The van der Waals surface area contributed by atoms with Gasteiger partial charge in [-0.3, -0.25) is 0 Å². The molecule has 2 unspecified atom stereocenters. The van der Waals surface area contributed by atoms with Crippen molar-refractivity contribution in [1.29, 1.82) is 0 Å². The van der Waals surface area contributed by atoms with Gasteiger partial charge in [-0.15, -0.1) is 0 Å². The molecule has 0 bridgehead atoms. The predicted octanol–water partition coefficient (Wildman–Crippen LogP) is 1.76. The summed E-state index contributed by atoms with van der Waals surface area (Å²) in [6.07, 6.45) is 8.51. The molecule has 4 heteroatoms. The number of nitrogens with zero attached hydrogens (tertiary/aromatic N) is 2. The number of nitrogens with one attached hydrogen (secondary N) is 1. The third-order valence-electron chi connectivity index (χ3n) is 3.67. The van der Waals surface area contributed by atoms with Crippen LogP contribution in [0.5, 0.6) is 0 Å². The summed E-state index contributed by atoms with van der Waals surface area (Å²) in [5.41, 5.74) is 0. The lowest BCUT2D eigenvalue weighted by Crippen LogP contribution is -2.34. The highest BCUT2D eigenvalue weighted by atomic mass is 16.5. The summed E-state index contributed by atoms with van der Waals surface area (Å²) in [5, 5.41) is 3.65. The molecule has 1 aliphatic rings. The predicted molar refractivity (Wildman–Crippen MR) is 72.5 cm³/mol. The van der Waals surface area contributed by atoms with Crippen LogP contribution in [0, 0.1) is 5.92 Å². The van der Waals surface area contributed by atoms with Gasteiger partial charge in [0.25, 0.3) is 0 Å². The van der Waals surface area contributed by atoms with Crippen molar-refractivity contribution < 1.29 is 4.74 Å². The summed E-state index contributed by atoms with van der Waals surface area (Å²) in [6.45, 7) is 5.17. The molecule has 1 N–H and O–H groups in total. The normalized spacial score (nSPS) is 21.3. The van der Waals surface area contributed by atoms with Crippen molar-refractivity contribution in [3.05, 3.63) is 18.2 Å². The first kappa shape index (κ1) is 13.6. The van der Waals surface area contributed by atoms with Crippen molar-refractivity contribution in [3.63, 3.8) is 0 Å². The van der Waals surface area contributed by atoms with E-state index in [1.807, 2.05) is 12.4 Å². The van der Waals surface area contributed by atoms with E-state index in [9.17, 15) is 0 Å². The highest BCUT2D eigenvalue weighted by molar-refractivity contribution is 4.95. The van der Waals surface area contributed by atoms with Gasteiger partial charge in [-0.2, -0.15) is 0 Å². The highest BCUT2D eigenvalue weighted by Crippen LogP contribution is 2.19. The molecule has 2 atom stereocenters. The van der Waals surface area contributed by atoms with Gasteiger partial charge in [0.15, 0.2) is 0 Å². The Labute approximate surface area is 110 Å². The highest BCUT2D eigenvalue weighted by Gasteiger charge is 2.21. The Bertz CT molecular complexity index is 345. The lowest BCUT2D eigenvalue weighted by Gasteiger charge is -2.21. The Hall–Kier alpha value is -0.870. The van der Waals surface area contributed by atoms with Gasteiger partial charge in [-0.25, -0.2) is 4.98 Å². The lowest BCUT2D eigenvalue weighted by molar-refractivity contribution is 0.181. The molecule has 1 aromatic rings. The second-order valence-corrected chi connectivity index (χ2v) is 5.27. The molecule has 1 saturated heterocycles. The van der Waals surface area contributed by atoms with E-state index in [0.29, 0.717) is 6.04 Å². The van der Waals surface area contributed by atoms with Crippen LogP contribution >= 0.6 is 0 Å². The first-order valence-corrected chi connectivity index (χ1v) is 7.07. The molecule has 0 amide bonds. The van der Waals surface area contributed by atoms with Gasteiger partial charge in [0.05, 0.1) is 0 Å². The number of aromatic nitrogens is 2. The van der Waals surface area contributed by atoms with E-state index in [0.717, 1.165) is 32.1 Å². The van der Waals surface area contributed by atoms with E-state index in [1.165, 1.54) is 25.1 Å². The minimum atomic E-state index is 0.526. The van der Waals surface area contributed by atoms with E-state index in [1.54, 1.807) is 0 Å². The zero-order valence-electron chi connectivity index (χ0n) is 11.6. The van der Waals surface area contributed by atoms with Crippen molar-refractivity contribution in [3.8, 4) is 0 Å². The second-order valence-electron chi connectivity index (χ2n) is 5.27. The average Bonchev–Trinajstić information content (AvgIpc) is 2.99. The smallest absolute Gasteiger partial charge is 0.109 e.